The summed E-state index contributed by atoms with van der Waals surface area (Å²) in [6.07, 6.45) is 12.6. The van der Waals surface area contributed by atoms with Crippen LogP contribution in [0.25, 0.3) is 12.2 Å². The van der Waals surface area contributed by atoms with Gasteiger partial charge in [0.25, 0.3) is 0 Å². The smallest absolute Gasteiger partial charge is 0.0308 e. The highest BCUT2D eigenvalue weighted by Crippen LogP contribution is 2.34. The summed E-state index contributed by atoms with van der Waals surface area (Å²) >= 11 is 1.97. The lowest BCUT2D eigenvalue weighted by atomic mass is 9.99. The van der Waals surface area contributed by atoms with Gasteiger partial charge in [-0.2, -0.15) is 0 Å². The fourth-order valence-electron chi connectivity index (χ4n) is 2.00. The molecule has 0 N–H and O–H groups in total. The van der Waals surface area contributed by atoms with E-state index in [4.69, 9.17) is 0 Å². The first-order valence-electron chi connectivity index (χ1n) is 5.30. The Kier molecular flexibility index (Phi) is 2.87. The van der Waals surface area contributed by atoms with Crippen molar-refractivity contribution >= 4 is 23.5 Å². The van der Waals surface area contributed by atoms with Crippen LogP contribution in [-0.4, -0.2) is 0 Å². The molecule has 1 aromatic heterocycles. The van der Waals surface area contributed by atoms with Crippen molar-refractivity contribution in [1.29, 1.82) is 0 Å². The number of hydrogen-bond donors (Lipinski definition) is 0. The first-order valence-corrected chi connectivity index (χ1v) is 6.12. The highest BCUT2D eigenvalue weighted by molar-refractivity contribution is 7.13. The zero-order valence-corrected chi connectivity index (χ0v) is 9.66. The third kappa shape index (κ3) is 1.57. The summed E-state index contributed by atoms with van der Waals surface area (Å²) in [4.78, 5) is 3.05. The molecule has 14 heavy (non-hydrogen) atoms. The van der Waals surface area contributed by atoms with Gasteiger partial charge in [-0.1, -0.05) is 25.2 Å². The maximum atomic E-state index is 2.31. The van der Waals surface area contributed by atoms with E-state index >= 15 is 0 Å². The topological polar surface area (TPSA) is 0 Å². The van der Waals surface area contributed by atoms with Crippen LogP contribution in [-0.2, 0) is 12.8 Å². The summed E-state index contributed by atoms with van der Waals surface area (Å²) in [7, 11) is 0. The molecule has 0 radical (unpaired) electrons. The second-order valence-electron chi connectivity index (χ2n) is 3.58. The summed E-state index contributed by atoms with van der Waals surface area (Å²) in [5.74, 6) is 0. The molecule has 0 fully saturated rings. The monoisotopic (exact) mass is 204 g/mol. The van der Waals surface area contributed by atoms with Crippen molar-refractivity contribution in [3.63, 3.8) is 0 Å². The van der Waals surface area contributed by atoms with Crippen molar-refractivity contribution in [1.82, 2.24) is 0 Å². The third-order valence-electron chi connectivity index (χ3n) is 2.65. The van der Waals surface area contributed by atoms with Crippen molar-refractivity contribution in [2.45, 2.75) is 33.1 Å². The summed E-state index contributed by atoms with van der Waals surface area (Å²) in [5.41, 5.74) is 3.05. The normalized spacial score (nSPS) is 15.0. The van der Waals surface area contributed by atoms with Gasteiger partial charge in [0.05, 0.1) is 0 Å². The number of fused-ring (bicyclic) bond motifs is 1. The Balaban J connectivity index is 2.53. The molecule has 1 aliphatic rings. The Morgan fingerprint density at radius 1 is 1.50 bits per heavy atom. The van der Waals surface area contributed by atoms with E-state index in [1.807, 2.05) is 11.3 Å². The van der Waals surface area contributed by atoms with Crippen LogP contribution in [0.5, 0.6) is 0 Å². The molecule has 1 heterocycles. The minimum atomic E-state index is 1.15. The van der Waals surface area contributed by atoms with Crippen LogP contribution in [0, 0.1) is 0 Å². The van der Waals surface area contributed by atoms with Crippen LogP contribution in [0.15, 0.2) is 12.2 Å². The van der Waals surface area contributed by atoms with E-state index in [1.54, 1.807) is 10.4 Å². The van der Waals surface area contributed by atoms with E-state index in [1.165, 1.54) is 23.3 Å². The summed E-state index contributed by atoms with van der Waals surface area (Å²) in [6, 6.07) is 0. The molecule has 0 nitrogen and oxygen atoms in total. The van der Waals surface area contributed by atoms with Crippen LogP contribution in [0.4, 0.5) is 0 Å². The van der Waals surface area contributed by atoms with Crippen LogP contribution in [0.1, 0.15) is 41.1 Å². The maximum Gasteiger partial charge on any atom is 0.0308 e. The van der Waals surface area contributed by atoms with E-state index in [0.717, 1.165) is 6.42 Å². The Bertz CT molecular complexity index is 380. The Hall–Kier alpha value is -0.820. The molecule has 0 amide bonds. The molecule has 0 saturated heterocycles. The van der Waals surface area contributed by atoms with Gasteiger partial charge in [-0.15, -0.1) is 11.3 Å². The van der Waals surface area contributed by atoms with Gasteiger partial charge in [-0.05, 0) is 43.4 Å². The highest BCUT2D eigenvalue weighted by Gasteiger charge is 2.14. The van der Waals surface area contributed by atoms with Crippen molar-refractivity contribution in [3.8, 4) is 0 Å². The van der Waals surface area contributed by atoms with Crippen molar-refractivity contribution < 1.29 is 0 Å². The third-order valence-corrected chi connectivity index (χ3v) is 3.92. The van der Waals surface area contributed by atoms with E-state index in [0.29, 0.717) is 0 Å². The van der Waals surface area contributed by atoms with Crippen LogP contribution >= 0.6 is 11.3 Å². The molecule has 0 spiro atoms. The zero-order valence-electron chi connectivity index (χ0n) is 8.84. The fraction of sp³-hybridized carbons (Fsp3) is 0.385. The largest absolute Gasteiger partial charge is 0.140 e. The highest BCUT2D eigenvalue weighted by atomic mass is 32.1. The van der Waals surface area contributed by atoms with E-state index in [-0.39, 0.29) is 0 Å². The molecular weight excluding hydrogens is 188 g/mol. The molecule has 2 rings (SSSR count). The van der Waals surface area contributed by atoms with Crippen molar-refractivity contribution in [3.05, 3.63) is 33.0 Å². The first-order chi connectivity index (χ1) is 6.86. The minimum Gasteiger partial charge on any atom is -0.140 e. The Morgan fingerprint density at radius 3 is 3.07 bits per heavy atom. The van der Waals surface area contributed by atoms with Gasteiger partial charge in [-0.25, -0.2) is 0 Å². The number of aryl methyl sites for hydroxylation is 1. The number of hydrogen-bond acceptors (Lipinski definition) is 1. The van der Waals surface area contributed by atoms with Crippen LogP contribution in [0.3, 0.4) is 0 Å². The fourth-order valence-corrected chi connectivity index (χ4v) is 3.36. The van der Waals surface area contributed by atoms with Gasteiger partial charge in [0, 0.05) is 9.75 Å². The molecule has 0 bridgehead atoms. The molecule has 0 saturated carbocycles. The SMILES string of the molecule is C/C=C\c1sc2c(c1CC)C=CCC2. The second-order valence-corrected chi connectivity index (χ2v) is 4.71. The van der Waals surface area contributed by atoms with E-state index in [2.05, 4.69) is 38.2 Å². The minimum absolute atomic E-state index is 1.15. The van der Waals surface area contributed by atoms with Crippen LogP contribution < -0.4 is 0 Å². The number of allylic oxidation sites excluding steroid dienone is 2. The van der Waals surface area contributed by atoms with Gasteiger partial charge in [0.2, 0.25) is 0 Å². The lowest BCUT2D eigenvalue weighted by molar-refractivity contribution is 1.00. The lowest BCUT2D eigenvalue weighted by Crippen LogP contribution is -1.91. The van der Waals surface area contributed by atoms with Crippen molar-refractivity contribution in [2.75, 3.05) is 0 Å². The predicted molar refractivity (Wildman–Crippen MR) is 65.8 cm³/mol. The van der Waals surface area contributed by atoms with Crippen molar-refractivity contribution in [2.24, 2.45) is 0 Å². The molecule has 0 aliphatic heterocycles. The van der Waals surface area contributed by atoms with Gasteiger partial charge in [-0.3, -0.25) is 0 Å². The Morgan fingerprint density at radius 2 is 2.36 bits per heavy atom. The van der Waals surface area contributed by atoms with E-state index in [9.17, 15) is 0 Å². The molecule has 1 heteroatoms. The molecule has 0 atom stereocenters. The maximum absolute atomic E-state index is 2.31. The average Bonchev–Trinajstić information content (AvgIpc) is 2.55. The number of rotatable bonds is 2. The lowest BCUT2D eigenvalue weighted by Gasteiger charge is -2.05. The molecule has 1 aromatic rings. The molecular formula is C13H16S. The van der Waals surface area contributed by atoms with Gasteiger partial charge < -0.3 is 0 Å². The summed E-state index contributed by atoms with van der Waals surface area (Å²) in [5, 5.41) is 0. The molecule has 0 aromatic carbocycles. The number of thiophene rings is 1. The molecule has 0 unspecified atom stereocenters. The average molecular weight is 204 g/mol. The predicted octanol–water partition coefficient (Wildman–Crippen LogP) is 4.30. The Labute approximate surface area is 90.0 Å². The van der Waals surface area contributed by atoms with Gasteiger partial charge >= 0.3 is 0 Å². The van der Waals surface area contributed by atoms with Gasteiger partial charge in [0.1, 0.15) is 0 Å². The first kappa shape index (κ1) is 9.72. The quantitative estimate of drug-likeness (QED) is 0.673. The standard InChI is InChI=1S/C13H16S/c1-3-7-12-10(4-2)11-8-5-6-9-13(11)14-12/h3,5,7-8H,4,6,9H2,1-2H3/b7-3-. The summed E-state index contributed by atoms with van der Waals surface area (Å²) in [6.45, 7) is 4.34. The van der Waals surface area contributed by atoms with E-state index < -0.39 is 0 Å². The van der Waals surface area contributed by atoms with Gasteiger partial charge in [0.15, 0.2) is 0 Å². The van der Waals surface area contributed by atoms with Crippen LogP contribution in [0.2, 0.25) is 0 Å². The zero-order chi connectivity index (χ0) is 9.97. The molecule has 74 valence electrons. The molecule has 1 aliphatic carbocycles. The second kappa shape index (κ2) is 4.14. The summed E-state index contributed by atoms with van der Waals surface area (Å²) < 4.78 is 0.